The average molecular weight is 748 g/mol. The van der Waals surface area contributed by atoms with Gasteiger partial charge in [0.05, 0.1) is 18.8 Å². The van der Waals surface area contributed by atoms with Crippen molar-refractivity contribution in [1.82, 2.24) is 5.32 Å². The monoisotopic (exact) mass is 747 g/mol. The summed E-state index contributed by atoms with van der Waals surface area (Å²) in [5, 5.41) is 63.8. The first-order valence-electron chi connectivity index (χ1n) is 16.0. The van der Waals surface area contributed by atoms with Gasteiger partial charge < -0.3 is 49.6 Å². The second-order valence-corrected chi connectivity index (χ2v) is 13.5. The van der Waals surface area contributed by atoms with E-state index in [9.17, 15) is 64.6 Å². The minimum absolute atomic E-state index is 0.147. The van der Waals surface area contributed by atoms with Crippen LogP contribution in [0, 0.1) is 42.9 Å². The van der Waals surface area contributed by atoms with E-state index in [2.05, 4.69) is 19.1 Å². The largest absolute Gasteiger partial charge is 0.508 e. The number of alkyl carbamates (subject to hydrolysis) is 1. The number of Topliss-reactive ketones (excluding diaryl/α,β-unsaturated/α-hetero) is 1. The Morgan fingerprint density at radius 1 is 1.06 bits per heavy atom. The van der Waals surface area contributed by atoms with Crippen molar-refractivity contribution in [3.05, 3.63) is 44.0 Å². The summed E-state index contributed by atoms with van der Waals surface area (Å²) >= 11 is 0. The summed E-state index contributed by atoms with van der Waals surface area (Å²) in [6.45, 7) is -0.778. The smallest absolute Gasteiger partial charge is 0.480 e. The molecule has 0 radical (unpaired) electrons. The lowest BCUT2D eigenvalue weighted by molar-refractivity contribution is -0.790. The molecule has 3 fully saturated rings. The maximum absolute atomic E-state index is 17.3. The Balaban J connectivity index is 1.33. The second kappa shape index (κ2) is 14.9. The highest BCUT2D eigenvalue weighted by atomic mass is 19.1. The summed E-state index contributed by atoms with van der Waals surface area (Å²) in [5.74, 6) is -5.06. The Kier molecular flexibility index (Phi) is 11.4. The van der Waals surface area contributed by atoms with E-state index in [1.54, 1.807) is 6.92 Å². The minimum atomic E-state index is -2.63. The van der Waals surface area contributed by atoms with Crippen molar-refractivity contribution in [1.29, 1.82) is 0 Å². The van der Waals surface area contributed by atoms with Crippen molar-refractivity contribution in [2.24, 2.45) is 22.7 Å². The van der Waals surface area contributed by atoms with E-state index in [0.29, 0.717) is 12.0 Å². The standard InChI is InChI=1S/C30H38FN3O18/c1-27-7-5-16(35)9-15(27)3-4-18-19-10-21(36)30(43,28(19,2)11-22(37)29(18,27)31)23(38)14-49-25(41)32-20(24(39)40)13-50-26(42)48-8-6-17(52-34(46)47)12-51-33(44)45/h5,7,9,17-22,36-37,43H,3-4,6,8,10-14H2,1-2H3,(H,32,41)(H,39,40)/t17?,18-,19-,20?,21+,22-,27-,28-,29-,30-/m0/s1. The van der Waals surface area contributed by atoms with E-state index in [4.69, 9.17) is 4.74 Å². The number of alkyl halides is 1. The zero-order valence-electron chi connectivity index (χ0n) is 27.8. The van der Waals surface area contributed by atoms with E-state index < -0.39 is 132 Å². The van der Waals surface area contributed by atoms with Gasteiger partial charge in [-0.25, -0.2) is 18.8 Å². The highest BCUT2D eigenvalue weighted by molar-refractivity contribution is 6.01. The number of aliphatic hydroxyl groups is 3. The minimum Gasteiger partial charge on any atom is -0.480 e. The van der Waals surface area contributed by atoms with Gasteiger partial charge >= 0.3 is 18.2 Å². The number of fused-ring (bicyclic) bond motifs is 5. The van der Waals surface area contributed by atoms with Crippen LogP contribution in [-0.4, -0.2) is 122 Å². The molecule has 2 unspecified atom stereocenters. The van der Waals surface area contributed by atoms with Gasteiger partial charge in [0.15, 0.2) is 29.7 Å². The fourth-order valence-corrected chi connectivity index (χ4v) is 8.23. The number of allylic oxidation sites excluding steroid dienone is 4. The topological polar surface area (TPSA) is 311 Å². The number of ketones is 2. The molecule has 22 heteroatoms. The number of carbonyl (C=O) groups is 5. The van der Waals surface area contributed by atoms with Gasteiger partial charge in [0.2, 0.25) is 5.78 Å². The number of nitrogens with zero attached hydrogens (tertiary/aromatic N) is 2. The lowest BCUT2D eigenvalue weighted by Crippen LogP contribution is -2.69. The third-order valence-corrected chi connectivity index (χ3v) is 10.8. The van der Waals surface area contributed by atoms with E-state index in [0.717, 1.165) is 0 Å². The van der Waals surface area contributed by atoms with Crippen LogP contribution >= 0.6 is 0 Å². The van der Waals surface area contributed by atoms with Crippen LogP contribution in [0.1, 0.15) is 46.0 Å². The predicted molar refractivity (Wildman–Crippen MR) is 162 cm³/mol. The number of aliphatic carboxylic acids is 1. The van der Waals surface area contributed by atoms with Gasteiger partial charge in [0.25, 0.3) is 10.2 Å². The van der Waals surface area contributed by atoms with Crippen LogP contribution in [0.15, 0.2) is 23.8 Å². The molecule has 0 spiro atoms. The summed E-state index contributed by atoms with van der Waals surface area (Å²) in [4.78, 5) is 90.5. The van der Waals surface area contributed by atoms with Crippen LogP contribution in [0.5, 0.6) is 0 Å². The summed E-state index contributed by atoms with van der Waals surface area (Å²) in [6, 6.07) is -1.97. The molecule has 0 aromatic heterocycles. The molecule has 0 aliphatic heterocycles. The molecule has 4 rings (SSSR count). The molecule has 0 aromatic rings. The van der Waals surface area contributed by atoms with Gasteiger partial charge in [-0.15, -0.1) is 20.2 Å². The Morgan fingerprint density at radius 2 is 1.75 bits per heavy atom. The van der Waals surface area contributed by atoms with Crippen molar-refractivity contribution >= 4 is 29.8 Å². The number of ether oxygens (including phenoxy) is 3. The van der Waals surface area contributed by atoms with Crippen LogP contribution in [0.3, 0.4) is 0 Å². The summed E-state index contributed by atoms with van der Waals surface area (Å²) < 4.78 is 31.3. The van der Waals surface area contributed by atoms with Crippen LogP contribution in [0.4, 0.5) is 14.0 Å². The van der Waals surface area contributed by atoms with Gasteiger partial charge in [-0.05, 0) is 50.7 Å². The van der Waals surface area contributed by atoms with Gasteiger partial charge in [-0.2, -0.15) is 0 Å². The molecule has 0 saturated heterocycles. The first kappa shape index (κ1) is 39.8. The lowest BCUT2D eigenvalue weighted by atomic mass is 9.44. The van der Waals surface area contributed by atoms with Gasteiger partial charge in [-0.3, -0.25) is 9.59 Å². The molecule has 0 aromatic carbocycles. The van der Waals surface area contributed by atoms with Crippen LogP contribution in [-0.2, 0) is 38.3 Å². The van der Waals surface area contributed by atoms with Gasteiger partial charge in [-0.1, -0.05) is 18.6 Å². The summed E-state index contributed by atoms with van der Waals surface area (Å²) in [5.41, 5.74) is -7.42. The summed E-state index contributed by atoms with van der Waals surface area (Å²) in [6.07, 6.45) is -4.83. The Morgan fingerprint density at radius 3 is 2.38 bits per heavy atom. The van der Waals surface area contributed by atoms with Crippen molar-refractivity contribution in [2.75, 3.05) is 26.4 Å². The molecule has 0 bridgehead atoms. The molecular formula is C30H38FN3O18. The van der Waals surface area contributed by atoms with Crippen molar-refractivity contribution in [3.63, 3.8) is 0 Å². The zero-order valence-corrected chi connectivity index (χ0v) is 27.8. The molecule has 0 heterocycles. The number of hydrogen-bond donors (Lipinski definition) is 5. The molecular weight excluding hydrogens is 709 g/mol. The molecule has 4 aliphatic carbocycles. The number of rotatable bonds is 15. The average Bonchev–Trinajstić information content (AvgIpc) is 3.26. The maximum atomic E-state index is 17.3. The molecule has 1 amide bonds. The predicted octanol–water partition coefficient (Wildman–Crippen LogP) is 0.136. The lowest BCUT2D eigenvalue weighted by Gasteiger charge is -2.62. The van der Waals surface area contributed by atoms with E-state index >= 15 is 4.39 Å². The SMILES string of the molecule is C[C@]12C=CC(=O)C=C1CC[C@H]1[C@@H]3C[C@@H](O)[C@](O)(C(=O)COC(=O)NC(COC(=O)OCCC(CO[N+](=O)[O-])O[N+](=O)[O-])C(=O)O)[C@@]3(C)C[C@H](O)[C@@]12F. The quantitative estimate of drug-likeness (QED) is 0.0845. The normalized spacial score (nSPS) is 34.2. The Bertz CT molecular complexity index is 1560. The van der Waals surface area contributed by atoms with Crippen LogP contribution in [0.2, 0.25) is 0 Å². The Labute approximate surface area is 292 Å². The fraction of sp³-hybridized carbons (Fsp3) is 0.700. The molecule has 10 atom stereocenters. The van der Waals surface area contributed by atoms with E-state index in [1.807, 2.05) is 5.32 Å². The summed E-state index contributed by atoms with van der Waals surface area (Å²) in [7, 11) is 0. The second-order valence-electron chi connectivity index (χ2n) is 13.5. The fourth-order valence-electron chi connectivity index (χ4n) is 8.23. The third kappa shape index (κ3) is 7.21. The van der Waals surface area contributed by atoms with Crippen LogP contribution in [0.25, 0.3) is 0 Å². The molecule has 21 nitrogen and oxygen atoms in total. The van der Waals surface area contributed by atoms with Gasteiger partial charge in [0.1, 0.15) is 19.3 Å². The van der Waals surface area contributed by atoms with Crippen molar-refractivity contribution in [2.45, 2.75) is 81.6 Å². The zero-order chi connectivity index (χ0) is 38.8. The first-order valence-corrected chi connectivity index (χ1v) is 16.0. The van der Waals surface area contributed by atoms with Crippen molar-refractivity contribution in [3.8, 4) is 0 Å². The molecule has 52 heavy (non-hydrogen) atoms. The number of halogens is 1. The number of hydrogen-bond acceptors (Lipinski definition) is 17. The maximum Gasteiger partial charge on any atom is 0.508 e. The number of carbonyl (C=O) groups excluding carboxylic acids is 4. The molecule has 5 N–H and O–H groups in total. The highest BCUT2D eigenvalue weighted by Gasteiger charge is 2.76. The van der Waals surface area contributed by atoms with Crippen molar-refractivity contribution < 1.29 is 82.8 Å². The highest BCUT2D eigenvalue weighted by Crippen LogP contribution is 2.69. The third-order valence-electron chi connectivity index (χ3n) is 10.8. The molecule has 4 aliphatic rings. The number of carboxylic acids is 1. The molecule has 3 saturated carbocycles. The van der Waals surface area contributed by atoms with Gasteiger partial charge in [0, 0.05) is 23.2 Å². The van der Waals surface area contributed by atoms with Crippen LogP contribution < -0.4 is 5.32 Å². The first-order chi connectivity index (χ1) is 24.2. The van der Waals surface area contributed by atoms with E-state index in [1.165, 1.54) is 25.2 Å². The van der Waals surface area contributed by atoms with E-state index in [-0.39, 0.29) is 18.6 Å². The number of aliphatic hydroxyl groups excluding tert-OH is 2. The Hall–Kier alpha value is -4.96. The number of carboxylic acid groups (broad SMARTS) is 1. The number of amides is 1. The number of nitrogens with one attached hydrogen (secondary N) is 1. The molecule has 288 valence electrons.